The van der Waals surface area contributed by atoms with Crippen molar-refractivity contribution < 1.29 is 4.79 Å². The molecule has 3 nitrogen and oxygen atoms in total. The minimum Gasteiger partial charge on any atom is -0.385 e. The Morgan fingerprint density at radius 3 is 2.23 bits per heavy atom. The lowest BCUT2D eigenvalue weighted by molar-refractivity contribution is -0.118. The van der Waals surface area contributed by atoms with Crippen LogP contribution >= 0.6 is 0 Å². The molecule has 0 aliphatic carbocycles. The number of anilines is 2. The SMILES string of the molecule is CC(C)C(=O)Nc1ccc(NCCCc2ccccc2)cc1. The average Bonchev–Trinajstić information content (AvgIpc) is 2.54. The molecule has 0 heterocycles. The lowest BCUT2D eigenvalue weighted by Crippen LogP contribution is -2.17. The second-order valence-corrected chi connectivity index (χ2v) is 5.74. The first-order valence-electron chi connectivity index (χ1n) is 7.84. The highest BCUT2D eigenvalue weighted by molar-refractivity contribution is 5.92. The van der Waals surface area contributed by atoms with Crippen molar-refractivity contribution in [1.82, 2.24) is 0 Å². The highest BCUT2D eigenvalue weighted by atomic mass is 16.1. The van der Waals surface area contributed by atoms with Gasteiger partial charge in [0.1, 0.15) is 0 Å². The van der Waals surface area contributed by atoms with Crippen LogP contribution in [0.2, 0.25) is 0 Å². The molecule has 0 unspecified atom stereocenters. The van der Waals surface area contributed by atoms with Crippen molar-refractivity contribution in [3.63, 3.8) is 0 Å². The van der Waals surface area contributed by atoms with Gasteiger partial charge < -0.3 is 10.6 Å². The van der Waals surface area contributed by atoms with E-state index in [1.165, 1.54) is 5.56 Å². The highest BCUT2D eigenvalue weighted by Gasteiger charge is 2.06. The summed E-state index contributed by atoms with van der Waals surface area (Å²) in [4.78, 5) is 11.6. The number of hydrogen-bond acceptors (Lipinski definition) is 2. The van der Waals surface area contributed by atoms with Crippen LogP contribution < -0.4 is 10.6 Å². The molecule has 2 N–H and O–H groups in total. The Balaban J connectivity index is 1.73. The van der Waals surface area contributed by atoms with Crippen LogP contribution in [-0.2, 0) is 11.2 Å². The van der Waals surface area contributed by atoms with Gasteiger partial charge in [0.25, 0.3) is 0 Å². The van der Waals surface area contributed by atoms with E-state index in [-0.39, 0.29) is 11.8 Å². The third-order valence-electron chi connectivity index (χ3n) is 3.49. The molecule has 116 valence electrons. The van der Waals surface area contributed by atoms with E-state index in [0.717, 1.165) is 30.8 Å². The van der Waals surface area contributed by atoms with Gasteiger partial charge in [-0.2, -0.15) is 0 Å². The third kappa shape index (κ3) is 5.24. The predicted molar refractivity (Wildman–Crippen MR) is 93.2 cm³/mol. The Kier molecular flexibility index (Phi) is 6.01. The van der Waals surface area contributed by atoms with Crippen molar-refractivity contribution in [3.8, 4) is 0 Å². The Labute approximate surface area is 132 Å². The van der Waals surface area contributed by atoms with Gasteiger partial charge in [-0.3, -0.25) is 4.79 Å². The first kappa shape index (κ1) is 16.1. The summed E-state index contributed by atoms with van der Waals surface area (Å²) in [6.07, 6.45) is 2.17. The van der Waals surface area contributed by atoms with Gasteiger partial charge >= 0.3 is 0 Å². The molecule has 0 aromatic heterocycles. The van der Waals surface area contributed by atoms with Crippen LogP contribution in [0.15, 0.2) is 54.6 Å². The third-order valence-corrected chi connectivity index (χ3v) is 3.49. The van der Waals surface area contributed by atoms with Gasteiger partial charge in [0, 0.05) is 23.8 Å². The minimum atomic E-state index is -0.00390. The topological polar surface area (TPSA) is 41.1 Å². The van der Waals surface area contributed by atoms with Gasteiger partial charge in [-0.1, -0.05) is 44.2 Å². The number of hydrogen-bond donors (Lipinski definition) is 2. The Bertz CT molecular complexity index is 576. The average molecular weight is 296 g/mol. The Morgan fingerprint density at radius 1 is 0.955 bits per heavy atom. The molecule has 0 aliphatic rings. The summed E-state index contributed by atoms with van der Waals surface area (Å²) in [5.74, 6) is 0.0411. The summed E-state index contributed by atoms with van der Waals surface area (Å²) in [6, 6.07) is 18.4. The minimum absolute atomic E-state index is 0.00390. The first-order valence-corrected chi connectivity index (χ1v) is 7.84. The van der Waals surface area contributed by atoms with Gasteiger partial charge in [0.2, 0.25) is 5.91 Å². The van der Waals surface area contributed by atoms with Crippen LogP contribution in [0.3, 0.4) is 0 Å². The summed E-state index contributed by atoms with van der Waals surface area (Å²) in [7, 11) is 0. The molecule has 2 aromatic rings. The summed E-state index contributed by atoms with van der Waals surface area (Å²) in [5, 5.41) is 6.30. The largest absolute Gasteiger partial charge is 0.385 e. The van der Waals surface area contributed by atoms with Crippen molar-refractivity contribution in [1.29, 1.82) is 0 Å². The molecule has 0 spiro atoms. The van der Waals surface area contributed by atoms with Crippen LogP contribution in [-0.4, -0.2) is 12.5 Å². The number of aryl methyl sites for hydroxylation is 1. The van der Waals surface area contributed by atoms with Crippen LogP contribution in [0.1, 0.15) is 25.8 Å². The van der Waals surface area contributed by atoms with Crippen LogP contribution in [0.4, 0.5) is 11.4 Å². The van der Waals surface area contributed by atoms with E-state index < -0.39 is 0 Å². The van der Waals surface area contributed by atoms with E-state index in [1.807, 2.05) is 44.2 Å². The predicted octanol–water partition coefficient (Wildman–Crippen LogP) is 4.33. The smallest absolute Gasteiger partial charge is 0.226 e. The molecule has 0 fully saturated rings. The summed E-state index contributed by atoms with van der Waals surface area (Å²) >= 11 is 0. The second kappa shape index (κ2) is 8.23. The zero-order chi connectivity index (χ0) is 15.8. The van der Waals surface area contributed by atoms with Crippen LogP contribution in [0, 0.1) is 5.92 Å². The molecule has 2 aromatic carbocycles. The molecule has 1 amide bonds. The van der Waals surface area contributed by atoms with Gasteiger partial charge in [-0.05, 0) is 42.7 Å². The lowest BCUT2D eigenvalue weighted by atomic mass is 10.1. The fourth-order valence-corrected chi connectivity index (χ4v) is 2.13. The number of amides is 1. The number of nitrogens with one attached hydrogen (secondary N) is 2. The normalized spacial score (nSPS) is 10.5. The fraction of sp³-hybridized carbons (Fsp3) is 0.316. The summed E-state index contributed by atoms with van der Waals surface area (Å²) in [6.45, 7) is 4.71. The van der Waals surface area contributed by atoms with Crippen molar-refractivity contribution in [3.05, 3.63) is 60.2 Å². The van der Waals surface area contributed by atoms with E-state index in [1.54, 1.807) is 0 Å². The highest BCUT2D eigenvalue weighted by Crippen LogP contribution is 2.14. The number of rotatable bonds is 7. The van der Waals surface area contributed by atoms with Crippen molar-refractivity contribution >= 4 is 17.3 Å². The van der Waals surface area contributed by atoms with Crippen molar-refractivity contribution in [2.75, 3.05) is 17.2 Å². The van der Waals surface area contributed by atoms with E-state index in [0.29, 0.717) is 0 Å². The fourth-order valence-electron chi connectivity index (χ4n) is 2.13. The maximum atomic E-state index is 11.6. The number of carbonyl (C=O) groups excluding carboxylic acids is 1. The maximum Gasteiger partial charge on any atom is 0.226 e. The molecular weight excluding hydrogens is 272 g/mol. The number of benzene rings is 2. The second-order valence-electron chi connectivity index (χ2n) is 5.74. The van der Waals surface area contributed by atoms with Gasteiger partial charge in [0.15, 0.2) is 0 Å². The zero-order valence-corrected chi connectivity index (χ0v) is 13.3. The van der Waals surface area contributed by atoms with Gasteiger partial charge in [0.05, 0.1) is 0 Å². The maximum absolute atomic E-state index is 11.6. The van der Waals surface area contributed by atoms with Crippen LogP contribution in [0.5, 0.6) is 0 Å². The van der Waals surface area contributed by atoms with Crippen molar-refractivity contribution in [2.45, 2.75) is 26.7 Å². The lowest BCUT2D eigenvalue weighted by Gasteiger charge is -2.10. The standard InChI is InChI=1S/C19H24N2O/c1-15(2)19(22)21-18-12-10-17(11-13-18)20-14-6-9-16-7-4-3-5-8-16/h3-5,7-8,10-13,15,20H,6,9,14H2,1-2H3,(H,21,22). The van der Waals surface area contributed by atoms with E-state index in [2.05, 4.69) is 34.9 Å². The van der Waals surface area contributed by atoms with Gasteiger partial charge in [-0.25, -0.2) is 0 Å². The molecule has 0 saturated heterocycles. The van der Waals surface area contributed by atoms with Crippen LogP contribution in [0.25, 0.3) is 0 Å². The van der Waals surface area contributed by atoms with E-state index >= 15 is 0 Å². The molecule has 0 saturated carbocycles. The zero-order valence-electron chi connectivity index (χ0n) is 13.3. The molecule has 2 rings (SSSR count). The molecule has 22 heavy (non-hydrogen) atoms. The Morgan fingerprint density at radius 2 is 1.59 bits per heavy atom. The van der Waals surface area contributed by atoms with Gasteiger partial charge in [-0.15, -0.1) is 0 Å². The number of carbonyl (C=O) groups is 1. The summed E-state index contributed by atoms with van der Waals surface area (Å²) in [5.41, 5.74) is 3.29. The quantitative estimate of drug-likeness (QED) is 0.747. The molecular formula is C19H24N2O. The van der Waals surface area contributed by atoms with E-state index in [4.69, 9.17) is 0 Å². The summed E-state index contributed by atoms with van der Waals surface area (Å²) < 4.78 is 0. The molecule has 0 bridgehead atoms. The molecule has 0 radical (unpaired) electrons. The monoisotopic (exact) mass is 296 g/mol. The first-order chi connectivity index (χ1) is 10.6. The van der Waals surface area contributed by atoms with E-state index in [9.17, 15) is 4.79 Å². The molecule has 0 atom stereocenters. The molecule has 3 heteroatoms. The van der Waals surface area contributed by atoms with Crippen molar-refractivity contribution in [2.24, 2.45) is 5.92 Å². The Hall–Kier alpha value is -2.29. The molecule has 0 aliphatic heterocycles.